The van der Waals surface area contributed by atoms with Crippen LogP contribution in [0.1, 0.15) is 23.1 Å². The van der Waals surface area contributed by atoms with Crippen molar-refractivity contribution in [2.24, 2.45) is 4.99 Å². The molecule has 0 aliphatic carbocycles. The van der Waals surface area contributed by atoms with Gasteiger partial charge in [-0.15, -0.1) is 0 Å². The summed E-state index contributed by atoms with van der Waals surface area (Å²) in [6.07, 6.45) is 2.85. The predicted molar refractivity (Wildman–Crippen MR) is 115 cm³/mol. The number of rotatable bonds is 5. The third kappa shape index (κ3) is 4.58. The number of hydrogen-bond donors (Lipinski definition) is 1. The average molecular weight is 375 g/mol. The molecule has 2 nitrogen and oxygen atoms in total. The Balaban J connectivity index is 1.65. The highest BCUT2D eigenvalue weighted by Crippen LogP contribution is 2.29. The second kappa shape index (κ2) is 8.41. The number of aliphatic imine (C=N–C) groups is 1. The normalized spacial score (nSPS) is 13.7. The maximum Gasteiger partial charge on any atom is 0.101 e. The summed E-state index contributed by atoms with van der Waals surface area (Å²) in [4.78, 5) is 4.63. The zero-order chi connectivity index (χ0) is 18.5. The Labute approximate surface area is 165 Å². The topological polar surface area (TPSA) is 24.4 Å². The minimum atomic E-state index is 0.765. The Hall–Kier alpha value is -2.58. The lowest BCUT2D eigenvalue weighted by Crippen LogP contribution is -2.31. The van der Waals surface area contributed by atoms with Crippen LogP contribution >= 0.6 is 11.6 Å². The minimum absolute atomic E-state index is 0.765. The Morgan fingerprint density at radius 1 is 0.852 bits per heavy atom. The summed E-state index contributed by atoms with van der Waals surface area (Å²) in [5.74, 6) is 1.07. The van der Waals surface area contributed by atoms with Crippen LogP contribution in [0.4, 0.5) is 0 Å². The summed E-state index contributed by atoms with van der Waals surface area (Å²) >= 11 is 6.33. The van der Waals surface area contributed by atoms with Crippen molar-refractivity contribution >= 4 is 17.4 Å². The Bertz CT molecular complexity index is 948. The number of nitrogens with one attached hydrogen (secondary N) is 1. The first-order valence-corrected chi connectivity index (χ1v) is 9.84. The SMILES string of the molecule is Clc1ccc(CC2=NCCCN2)c(-c2cccc(Cc3ccccc3)c2)c1. The van der Waals surface area contributed by atoms with Gasteiger partial charge in [0.15, 0.2) is 0 Å². The summed E-state index contributed by atoms with van der Waals surface area (Å²) < 4.78 is 0. The molecular weight excluding hydrogens is 352 g/mol. The predicted octanol–water partition coefficient (Wildman–Crippen LogP) is 5.53. The molecule has 1 aliphatic heterocycles. The van der Waals surface area contributed by atoms with Crippen molar-refractivity contribution in [2.45, 2.75) is 19.3 Å². The molecule has 1 heterocycles. The van der Waals surface area contributed by atoms with E-state index in [1.807, 2.05) is 6.07 Å². The van der Waals surface area contributed by atoms with E-state index in [0.717, 1.165) is 43.2 Å². The van der Waals surface area contributed by atoms with Crippen LogP contribution in [0.3, 0.4) is 0 Å². The zero-order valence-corrected chi connectivity index (χ0v) is 16.0. The van der Waals surface area contributed by atoms with E-state index >= 15 is 0 Å². The second-order valence-electron chi connectivity index (χ2n) is 6.95. The lowest BCUT2D eigenvalue weighted by atomic mass is 9.94. The van der Waals surface area contributed by atoms with E-state index < -0.39 is 0 Å². The maximum absolute atomic E-state index is 6.33. The van der Waals surface area contributed by atoms with Crippen molar-refractivity contribution in [3.63, 3.8) is 0 Å². The van der Waals surface area contributed by atoms with E-state index in [9.17, 15) is 0 Å². The van der Waals surface area contributed by atoms with Crippen molar-refractivity contribution in [3.8, 4) is 11.1 Å². The van der Waals surface area contributed by atoms with E-state index in [1.165, 1.54) is 27.8 Å². The fourth-order valence-electron chi connectivity index (χ4n) is 3.53. The molecular formula is C24H23ClN2. The molecule has 0 spiro atoms. The summed E-state index contributed by atoms with van der Waals surface area (Å²) in [7, 11) is 0. The molecule has 3 heteroatoms. The molecule has 27 heavy (non-hydrogen) atoms. The summed E-state index contributed by atoms with van der Waals surface area (Å²) in [6.45, 7) is 1.92. The van der Waals surface area contributed by atoms with Crippen LogP contribution in [0.5, 0.6) is 0 Å². The van der Waals surface area contributed by atoms with E-state index in [1.54, 1.807) is 0 Å². The van der Waals surface area contributed by atoms with Gasteiger partial charge in [-0.1, -0.05) is 72.3 Å². The van der Waals surface area contributed by atoms with Crippen LogP contribution in [0.15, 0.2) is 77.8 Å². The molecule has 4 rings (SSSR count). The quantitative estimate of drug-likeness (QED) is 0.623. The lowest BCUT2D eigenvalue weighted by molar-refractivity contribution is 0.731. The van der Waals surface area contributed by atoms with Crippen molar-refractivity contribution in [2.75, 3.05) is 13.1 Å². The Morgan fingerprint density at radius 2 is 1.70 bits per heavy atom. The molecule has 0 aromatic heterocycles. The van der Waals surface area contributed by atoms with Crippen LogP contribution in [-0.4, -0.2) is 18.9 Å². The highest BCUT2D eigenvalue weighted by atomic mass is 35.5. The third-order valence-electron chi connectivity index (χ3n) is 4.89. The van der Waals surface area contributed by atoms with E-state index in [2.05, 4.69) is 77.0 Å². The van der Waals surface area contributed by atoms with Gasteiger partial charge in [0.1, 0.15) is 5.84 Å². The van der Waals surface area contributed by atoms with Gasteiger partial charge in [-0.2, -0.15) is 0 Å². The highest BCUT2D eigenvalue weighted by molar-refractivity contribution is 6.30. The first-order chi connectivity index (χ1) is 13.3. The average Bonchev–Trinajstić information content (AvgIpc) is 2.71. The lowest BCUT2D eigenvalue weighted by Gasteiger charge is -2.17. The van der Waals surface area contributed by atoms with Crippen LogP contribution in [-0.2, 0) is 12.8 Å². The molecule has 136 valence electrons. The van der Waals surface area contributed by atoms with E-state index in [4.69, 9.17) is 11.6 Å². The monoisotopic (exact) mass is 374 g/mol. The van der Waals surface area contributed by atoms with Gasteiger partial charge in [0, 0.05) is 24.5 Å². The molecule has 0 saturated carbocycles. The zero-order valence-electron chi connectivity index (χ0n) is 15.3. The van der Waals surface area contributed by atoms with Crippen LogP contribution in [0.2, 0.25) is 5.02 Å². The summed E-state index contributed by atoms with van der Waals surface area (Å²) in [6, 6.07) is 25.5. The van der Waals surface area contributed by atoms with Crippen LogP contribution < -0.4 is 5.32 Å². The first kappa shape index (κ1) is 17.8. The van der Waals surface area contributed by atoms with Gasteiger partial charge in [0.25, 0.3) is 0 Å². The first-order valence-electron chi connectivity index (χ1n) is 9.47. The maximum atomic E-state index is 6.33. The standard InChI is InChI=1S/C24H23ClN2/c25-22-11-10-21(16-24-26-12-5-13-27-24)23(17-22)20-9-4-8-19(15-20)14-18-6-2-1-3-7-18/h1-4,6-11,15,17H,5,12-14,16H2,(H,26,27). The van der Waals surface area contributed by atoms with E-state index in [-0.39, 0.29) is 0 Å². The molecule has 0 unspecified atom stereocenters. The molecule has 0 amide bonds. The van der Waals surface area contributed by atoms with Crippen molar-refractivity contribution < 1.29 is 0 Å². The minimum Gasteiger partial charge on any atom is -0.373 e. The van der Waals surface area contributed by atoms with Gasteiger partial charge in [0.05, 0.1) is 0 Å². The van der Waals surface area contributed by atoms with Crippen LogP contribution in [0, 0.1) is 0 Å². The molecule has 0 radical (unpaired) electrons. The molecule has 1 N–H and O–H groups in total. The molecule has 3 aromatic rings. The number of nitrogens with zero attached hydrogens (tertiary/aromatic N) is 1. The number of benzene rings is 3. The van der Waals surface area contributed by atoms with E-state index in [0.29, 0.717) is 0 Å². The highest BCUT2D eigenvalue weighted by Gasteiger charge is 2.11. The summed E-state index contributed by atoms with van der Waals surface area (Å²) in [5.41, 5.74) is 6.27. The van der Waals surface area contributed by atoms with Crippen molar-refractivity contribution in [1.82, 2.24) is 5.32 Å². The molecule has 0 bridgehead atoms. The Morgan fingerprint density at radius 3 is 2.52 bits per heavy atom. The van der Waals surface area contributed by atoms with Gasteiger partial charge in [-0.05, 0) is 52.8 Å². The third-order valence-corrected chi connectivity index (χ3v) is 5.12. The molecule has 0 saturated heterocycles. The van der Waals surface area contributed by atoms with Crippen LogP contribution in [0.25, 0.3) is 11.1 Å². The van der Waals surface area contributed by atoms with Gasteiger partial charge in [-0.3, -0.25) is 4.99 Å². The largest absolute Gasteiger partial charge is 0.373 e. The smallest absolute Gasteiger partial charge is 0.101 e. The Kier molecular flexibility index (Phi) is 5.55. The molecule has 3 aromatic carbocycles. The van der Waals surface area contributed by atoms with Crippen molar-refractivity contribution in [3.05, 3.63) is 94.5 Å². The van der Waals surface area contributed by atoms with Gasteiger partial charge in [0.2, 0.25) is 0 Å². The second-order valence-corrected chi connectivity index (χ2v) is 7.39. The van der Waals surface area contributed by atoms with Gasteiger partial charge < -0.3 is 5.32 Å². The number of halogens is 1. The van der Waals surface area contributed by atoms with Gasteiger partial charge >= 0.3 is 0 Å². The van der Waals surface area contributed by atoms with Gasteiger partial charge in [-0.25, -0.2) is 0 Å². The van der Waals surface area contributed by atoms with Crippen molar-refractivity contribution in [1.29, 1.82) is 0 Å². The molecule has 0 fully saturated rings. The molecule has 1 aliphatic rings. The number of hydrogen-bond acceptors (Lipinski definition) is 2. The fraction of sp³-hybridized carbons (Fsp3) is 0.208. The molecule has 0 atom stereocenters. The fourth-order valence-corrected chi connectivity index (χ4v) is 3.70. The number of amidine groups is 1. The summed E-state index contributed by atoms with van der Waals surface area (Å²) in [5, 5.41) is 4.19.